The lowest BCUT2D eigenvalue weighted by Crippen LogP contribution is -2.40. The summed E-state index contributed by atoms with van der Waals surface area (Å²) in [7, 11) is -3.38. The van der Waals surface area contributed by atoms with Crippen LogP contribution in [-0.2, 0) is 9.84 Å². The van der Waals surface area contributed by atoms with E-state index in [4.69, 9.17) is 0 Å². The first-order valence-electron chi connectivity index (χ1n) is 8.64. The second-order valence-electron chi connectivity index (χ2n) is 6.92. The summed E-state index contributed by atoms with van der Waals surface area (Å²) in [4.78, 5) is 0.433. The molecule has 0 saturated carbocycles. The van der Waals surface area contributed by atoms with Gasteiger partial charge >= 0.3 is 0 Å². The highest BCUT2D eigenvalue weighted by Crippen LogP contribution is 2.55. The first-order valence-corrected chi connectivity index (χ1v) is 10.2. The summed E-state index contributed by atoms with van der Waals surface area (Å²) < 4.78 is 26.8. The normalized spacial score (nSPS) is 23.8. The highest BCUT2D eigenvalue weighted by Gasteiger charge is 2.48. The Morgan fingerprint density at radius 2 is 1.12 bits per heavy atom. The lowest BCUT2D eigenvalue weighted by molar-refractivity contribution is 0.492. The summed E-state index contributed by atoms with van der Waals surface area (Å²) in [6.07, 6.45) is 0.663. The molecule has 3 aromatic rings. The predicted molar refractivity (Wildman–Crippen MR) is 98.6 cm³/mol. The molecule has 0 heterocycles. The monoisotopic (exact) mass is 346 g/mol. The number of benzene rings is 3. The Morgan fingerprint density at radius 3 is 1.68 bits per heavy atom. The van der Waals surface area contributed by atoms with Crippen molar-refractivity contribution in [1.82, 2.24) is 0 Å². The van der Waals surface area contributed by atoms with Crippen LogP contribution in [0.25, 0.3) is 0 Å². The Bertz CT molecular complexity index is 1010. The van der Waals surface area contributed by atoms with E-state index >= 15 is 0 Å². The van der Waals surface area contributed by atoms with Crippen molar-refractivity contribution in [2.75, 3.05) is 0 Å². The van der Waals surface area contributed by atoms with Crippen molar-refractivity contribution in [3.8, 4) is 0 Å². The average Bonchev–Trinajstić information content (AvgIpc) is 2.68. The van der Waals surface area contributed by atoms with Crippen molar-refractivity contribution in [1.29, 1.82) is 0 Å². The van der Waals surface area contributed by atoms with Crippen LogP contribution in [0.2, 0.25) is 0 Å². The molecule has 3 aliphatic rings. The largest absolute Gasteiger partial charge is 0.223 e. The summed E-state index contributed by atoms with van der Waals surface area (Å²) in [6.45, 7) is 0. The van der Waals surface area contributed by atoms with E-state index in [0.717, 1.165) is 0 Å². The Morgan fingerprint density at radius 1 is 0.640 bits per heavy atom. The van der Waals surface area contributed by atoms with Gasteiger partial charge in [0.05, 0.1) is 10.1 Å². The van der Waals surface area contributed by atoms with Crippen LogP contribution in [0, 0.1) is 0 Å². The molecule has 3 aliphatic carbocycles. The third-order valence-corrected chi connectivity index (χ3v) is 7.91. The lowest BCUT2D eigenvalue weighted by Gasteiger charge is -2.45. The zero-order valence-electron chi connectivity index (χ0n) is 13.7. The number of hydrogen-bond donors (Lipinski definition) is 0. The smallest absolute Gasteiger partial charge is 0.182 e. The fourth-order valence-corrected chi connectivity index (χ4v) is 6.66. The molecule has 0 amide bonds. The summed E-state index contributed by atoms with van der Waals surface area (Å²) in [5.74, 6) is 0.0866. The standard InChI is InChI=1S/C22H18O2S/c23-25(24,15-8-2-1-3-9-15)21-14-20-16-10-4-6-12-18(16)22(21)19-13-7-5-11-17(19)20/h1-13,20-22H,14H2/t20?,21-,22?/m1/s1. The molecule has 0 aliphatic heterocycles. The molecule has 25 heavy (non-hydrogen) atoms. The van der Waals surface area contributed by atoms with Crippen LogP contribution >= 0.6 is 0 Å². The maximum absolute atomic E-state index is 13.4. The highest BCUT2D eigenvalue weighted by atomic mass is 32.2. The molecule has 0 unspecified atom stereocenters. The molecule has 0 N–H and O–H groups in total. The fraction of sp³-hybridized carbons (Fsp3) is 0.182. The Balaban J connectivity index is 1.73. The van der Waals surface area contributed by atoms with Crippen LogP contribution in [0.3, 0.4) is 0 Å². The molecule has 2 bridgehead atoms. The summed E-state index contributed by atoms with van der Waals surface area (Å²) in [6, 6.07) is 25.6. The summed E-state index contributed by atoms with van der Waals surface area (Å²) in [5, 5.41) is -0.398. The Kier molecular flexibility index (Phi) is 3.16. The van der Waals surface area contributed by atoms with E-state index in [-0.39, 0.29) is 11.8 Å². The second kappa shape index (κ2) is 5.30. The SMILES string of the molecule is O=S(=O)(c1ccccc1)[C@@H]1CC2c3ccccc3C1c1ccccc12. The second-order valence-corrected chi connectivity index (χ2v) is 9.09. The van der Waals surface area contributed by atoms with Crippen LogP contribution < -0.4 is 0 Å². The van der Waals surface area contributed by atoms with Gasteiger partial charge in [-0.15, -0.1) is 0 Å². The van der Waals surface area contributed by atoms with Gasteiger partial charge in [0.15, 0.2) is 9.84 Å². The van der Waals surface area contributed by atoms with Gasteiger partial charge < -0.3 is 0 Å². The first-order chi connectivity index (χ1) is 12.2. The molecule has 3 heteroatoms. The van der Waals surface area contributed by atoms with Crippen molar-refractivity contribution < 1.29 is 8.42 Å². The average molecular weight is 346 g/mol. The third-order valence-electron chi connectivity index (χ3n) is 5.72. The molecule has 0 fully saturated rings. The molecular formula is C22H18O2S. The van der Waals surface area contributed by atoms with Gasteiger partial charge in [-0.05, 0) is 40.8 Å². The topological polar surface area (TPSA) is 34.1 Å². The molecule has 0 radical (unpaired) electrons. The summed E-state index contributed by atoms with van der Waals surface area (Å²) >= 11 is 0. The van der Waals surface area contributed by atoms with Crippen LogP contribution in [0.4, 0.5) is 0 Å². The molecule has 2 nitrogen and oxygen atoms in total. The van der Waals surface area contributed by atoms with Gasteiger partial charge in [0.25, 0.3) is 0 Å². The zero-order chi connectivity index (χ0) is 17.0. The van der Waals surface area contributed by atoms with Crippen LogP contribution in [0.5, 0.6) is 0 Å². The van der Waals surface area contributed by atoms with Crippen molar-refractivity contribution in [3.05, 3.63) is 101 Å². The van der Waals surface area contributed by atoms with Gasteiger partial charge in [0, 0.05) is 11.8 Å². The van der Waals surface area contributed by atoms with E-state index < -0.39 is 15.1 Å². The minimum Gasteiger partial charge on any atom is -0.223 e. The maximum Gasteiger partial charge on any atom is 0.182 e. The molecule has 124 valence electrons. The van der Waals surface area contributed by atoms with E-state index in [2.05, 4.69) is 36.4 Å². The van der Waals surface area contributed by atoms with Gasteiger partial charge in [-0.1, -0.05) is 66.7 Å². The van der Waals surface area contributed by atoms with Gasteiger partial charge in [0.1, 0.15) is 0 Å². The lowest BCUT2D eigenvalue weighted by atomic mass is 9.63. The number of hydrogen-bond acceptors (Lipinski definition) is 2. The van der Waals surface area contributed by atoms with Crippen LogP contribution in [0.15, 0.2) is 83.8 Å². The first kappa shape index (κ1) is 14.9. The van der Waals surface area contributed by atoms with Crippen molar-refractivity contribution in [2.45, 2.75) is 28.4 Å². The van der Waals surface area contributed by atoms with E-state index in [1.165, 1.54) is 22.3 Å². The van der Waals surface area contributed by atoms with E-state index in [1.54, 1.807) is 24.3 Å². The summed E-state index contributed by atoms with van der Waals surface area (Å²) in [5.41, 5.74) is 4.96. The third kappa shape index (κ3) is 2.05. The van der Waals surface area contributed by atoms with E-state index in [9.17, 15) is 8.42 Å². The molecule has 3 aromatic carbocycles. The van der Waals surface area contributed by atoms with Gasteiger partial charge in [-0.2, -0.15) is 0 Å². The van der Waals surface area contributed by atoms with Crippen molar-refractivity contribution >= 4 is 9.84 Å². The highest BCUT2D eigenvalue weighted by molar-refractivity contribution is 7.92. The van der Waals surface area contributed by atoms with Crippen LogP contribution in [0.1, 0.15) is 40.5 Å². The van der Waals surface area contributed by atoms with Gasteiger partial charge in [0.2, 0.25) is 0 Å². The van der Waals surface area contributed by atoms with E-state index in [1.807, 2.05) is 18.2 Å². The maximum atomic E-state index is 13.4. The minimum atomic E-state index is -3.38. The zero-order valence-corrected chi connectivity index (χ0v) is 14.5. The number of fused-ring (bicyclic) bond motifs is 1. The van der Waals surface area contributed by atoms with Crippen molar-refractivity contribution in [2.24, 2.45) is 0 Å². The quantitative estimate of drug-likeness (QED) is 0.684. The van der Waals surface area contributed by atoms with E-state index in [0.29, 0.717) is 11.3 Å². The van der Waals surface area contributed by atoms with Gasteiger partial charge in [-0.25, -0.2) is 8.42 Å². The molecule has 0 aromatic heterocycles. The molecular weight excluding hydrogens is 328 g/mol. The molecule has 6 rings (SSSR count). The van der Waals surface area contributed by atoms with Gasteiger partial charge in [-0.3, -0.25) is 0 Å². The van der Waals surface area contributed by atoms with Crippen molar-refractivity contribution in [3.63, 3.8) is 0 Å². The molecule has 0 saturated heterocycles. The predicted octanol–water partition coefficient (Wildman–Crippen LogP) is 4.51. The van der Waals surface area contributed by atoms with Crippen LogP contribution in [-0.4, -0.2) is 13.7 Å². The fourth-order valence-electron chi connectivity index (χ4n) is 4.67. The minimum absolute atomic E-state index is 0.0809. The molecule has 0 spiro atoms. The molecule has 1 atom stereocenters. The Labute approximate surface area is 148 Å². The Hall–Kier alpha value is -2.39. The number of sulfone groups is 1. The number of rotatable bonds is 2.